The normalized spacial score (nSPS) is 38.8. The molecule has 1 nitrogen and oxygen atoms in total. The molecule has 1 aliphatic carbocycles. The van der Waals surface area contributed by atoms with Gasteiger partial charge in [0.15, 0.2) is 0 Å². The van der Waals surface area contributed by atoms with Gasteiger partial charge in [0, 0.05) is 18.6 Å². The number of ether oxygens (including phenoxy) is 1. The summed E-state index contributed by atoms with van der Waals surface area (Å²) in [5.41, 5.74) is 0. The first-order valence-electron chi connectivity index (χ1n) is 5.10. The third-order valence-electron chi connectivity index (χ3n) is 3.35. The molecule has 0 aromatic carbocycles. The van der Waals surface area contributed by atoms with Crippen LogP contribution < -0.4 is 0 Å². The SMILES string of the molecule is ClC1CCCC1C1CCOCC1. The van der Waals surface area contributed by atoms with Gasteiger partial charge >= 0.3 is 0 Å². The molecule has 0 amide bonds. The minimum atomic E-state index is 0.466. The Morgan fingerprint density at radius 2 is 1.75 bits per heavy atom. The second kappa shape index (κ2) is 3.97. The molecular weight excluding hydrogens is 172 g/mol. The van der Waals surface area contributed by atoms with Gasteiger partial charge in [-0.15, -0.1) is 11.6 Å². The van der Waals surface area contributed by atoms with E-state index in [4.69, 9.17) is 16.3 Å². The van der Waals surface area contributed by atoms with Crippen LogP contribution in [-0.2, 0) is 4.74 Å². The van der Waals surface area contributed by atoms with Crippen LogP contribution in [0.3, 0.4) is 0 Å². The summed E-state index contributed by atoms with van der Waals surface area (Å²) in [5.74, 6) is 1.67. The maximum absolute atomic E-state index is 6.27. The van der Waals surface area contributed by atoms with Crippen LogP contribution in [0.25, 0.3) is 0 Å². The predicted octanol–water partition coefficient (Wildman–Crippen LogP) is 2.82. The quantitative estimate of drug-likeness (QED) is 0.575. The molecule has 0 aromatic heterocycles. The molecular formula is C10H17ClO. The van der Waals surface area contributed by atoms with E-state index < -0.39 is 0 Å². The van der Waals surface area contributed by atoms with Crippen LogP contribution in [0.5, 0.6) is 0 Å². The lowest BCUT2D eigenvalue weighted by Gasteiger charge is -2.29. The van der Waals surface area contributed by atoms with E-state index in [2.05, 4.69) is 0 Å². The molecule has 0 spiro atoms. The van der Waals surface area contributed by atoms with E-state index in [-0.39, 0.29) is 0 Å². The smallest absolute Gasteiger partial charge is 0.0468 e. The van der Waals surface area contributed by atoms with Gasteiger partial charge in [0.2, 0.25) is 0 Å². The van der Waals surface area contributed by atoms with Crippen LogP contribution in [0, 0.1) is 11.8 Å². The molecule has 12 heavy (non-hydrogen) atoms. The molecule has 70 valence electrons. The van der Waals surface area contributed by atoms with Crippen LogP contribution in [0.1, 0.15) is 32.1 Å². The van der Waals surface area contributed by atoms with Crippen LogP contribution in [-0.4, -0.2) is 18.6 Å². The average molecular weight is 189 g/mol. The van der Waals surface area contributed by atoms with Crippen molar-refractivity contribution in [2.45, 2.75) is 37.5 Å². The van der Waals surface area contributed by atoms with Crippen molar-refractivity contribution < 1.29 is 4.74 Å². The Bertz CT molecular complexity index is 143. The molecule has 2 atom stereocenters. The topological polar surface area (TPSA) is 9.23 Å². The van der Waals surface area contributed by atoms with E-state index in [1.165, 1.54) is 32.1 Å². The number of alkyl halides is 1. The second-order valence-electron chi connectivity index (χ2n) is 4.06. The van der Waals surface area contributed by atoms with Crippen molar-refractivity contribution >= 4 is 11.6 Å². The summed E-state index contributed by atoms with van der Waals surface area (Å²) < 4.78 is 5.35. The zero-order valence-corrected chi connectivity index (χ0v) is 8.22. The summed E-state index contributed by atoms with van der Waals surface area (Å²) in [6, 6.07) is 0. The van der Waals surface area contributed by atoms with E-state index in [0.29, 0.717) is 5.38 Å². The molecule has 2 fully saturated rings. The van der Waals surface area contributed by atoms with Gasteiger partial charge in [-0.05, 0) is 37.5 Å². The van der Waals surface area contributed by atoms with E-state index in [9.17, 15) is 0 Å². The maximum atomic E-state index is 6.27. The molecule has 0 radical (unpaired) electrons. The zero-order valence-electron chi connectivity index (χ0n) is 7.47. The van der Waals surface area contributed by atoms with E-state index in [0.717, 1.165) is 25.0 Å². The average Bonchev–Trinajstić information content (AvgIpc) is 2.53. The first-order valence-corrected chi connectivity index (χ1v) is 5.53. The minimum Gasteiger partial charge on any atom is -0.381 e. The van der Waals surface area contributed by atoms with E-state index >= 15 is 0 Å². The zero-order chi connectivity index (χ0) is 8.39. The van der Waals surface area contributed by atoms with E-state index in [1.54, 1.807) is 0 Å². The summed E-state index contributed by atoms with van der Waals surface area (Å²) in [4.78, 5) is 0. The molecule has 1 aliphatic heterocycles. The molecule has 1 saturated carbocycles. The monoisotopic (exact) mass is 188 g/mol. The lowest BCUT2D eigenvalue weighted by molar-refractivity contribution is 0.0482. The molecule has 2 rings (SSSR count). The first-order chi connectivity index (χ1) is 5.88. The molecule has 0 aromatic rings. The van der Waals surface area contributed by atoms with Crippen molar-refractivity contribution in [1.29, 1.82) is 0 Å². The highest BCUT2D eigenvalue weighted by Crippen LogP contribution is 2.39. The lowest BCUT2D eigenvalue weighted by Crippen LogP contribution is -2.26. The summed E-state index contributed by atoms with van der Waals surface area (Å²) in [6.07, 6.45) is 6.43. The van der Waals surface area contributed by atoms with Crippen molar-refractivity contribution in [1.82, 2.24) is 0 Å². The molecule has 2 aliphatic rings. The van der Waals surface area contributed by atoms with Crippen LogP contribution in [0.15, 0.2) is 0 Å². The minimum absolute atomic E-state index is 0.466. The standard InChI is InChI=1S/C10H17ClO/c11-10-3-1-2-9(10)8-4-6-12-7-5-8/h8-10H,1-7H2. The number of rotatable bonds is 1. The fourth-order valence-corrected chi connectivity index (χ4v) is 3.10. The van der Waals surface area contributed by atoms with Crippen molar-refractivity contribution in [3.63, 3.8) is 0 Å². The van der Waals surface area contributed by atoms with Crippen LogP contribution >= 0.6 is 11.6 Å². The highest BCUT2D eigenvalue weighted by atomic mass is 35.5. The van der Waals surface area contributed by atoms with Gasteiger partial charge in [-0.1, -0.05) is 6.42 Å². The Balaban J connectivity index is 1.89. The summed E-state index contributed by atoms with van der Waals surface area (Å²) >= 11 is 6.27. The molecule has 1 heterocycles. The second-order valence-corrected chi connectivity index (χ2v) is 4.62. The Labute approximate surface area is 79.4 Å². The van der Waals surface area contributed by atoms with E-state index in [1.807, 2.05) is 0 Å². The third kappa shape index (κ3) is 1.77. The Morgan fingerprint density at radius 1 is 1.00 bits per heavy atom. The first kappa shape index (κ1) is 8.83. The third-order valence-corrected chi connectivity index (χ3v) is 3.90. The summed E-state index contributed by atoms with van der Waals surface area (Å²) in [6.45, 7) is 1.93. The van der Waals surface area contributed by atoms with Gasteiger partial charge in [-0.25, -0.2) is 0 Å². The molecule has 0 N–H and O–H groups in total. The number of hydrogen-bond donors (Lipinski definition) is 0. The van der Waals surface area contributed by atoms with Crippen molar-refractivity contribution in [2.75, 3.05) is 13.2 Å². The molecule has 0 bridgehead atoms. The lowest BCUT2D eigenvalue weighted by atomic mass is 9.85. The highest BCUT2D eigenvalue weighted by Gasteiger charge is 2.32. The maximum Gasteiger partial charge on any atom is 0.0468 e. The van der Waals surface area contributed by atoms with Crippen molar-refractivity contribution in [2.24, 2.45) is 11.8 Å². The predicted molar refractivity (Wildman–Crippen MR) is 50.5 cm³/mol. The van der Waals surface area contributed by atoms with Crippen LogP contribution in [0.4, 0.5) is 0 Å². The van der Waals surface area contributed by atoms with Gasteiger partial charge < -0.3 is 4.74 Å². The largest absolute Gasteiger partial charge is 0.381 e. The summed E-state index contributed by atoms with van der Waals surface area (Å²) in [5, 5.41) is 0.466. The molecule has 2 unspecified atom stereocenters. The van der Waals surface area contributed by atoms with Gasteiger partial charge in [0.25, 0.3) is 0 Å². The number of hydrogen-bond acceptors (Lipinski definition) is 1. The van der Waals surface area contributed by atoms with Crippen LogP contribution in [0.2, 0.25) is 0 Å². The van der Waals surface area contributed by atoms with Gasteiger partial charge in [-0.2, -0.15) is 0 Å². The molecule has 2 heteroatoms. The highest BCUT2D eigenvalue weighted by molar-refractivity contribution is 6.20. The Hall–Kier alpha value is 0.250. The molecule has 1 saturated heterocycles. The number of halogens is 1. The van der Waals surface area contributed by atoms with Gasteiger partial charge in [0.1, 0.15) is 0 Å². The Morgan fingerprint density at radius 3 is 2.33 bits per heavy atom. The Kier molecular flexibility index (Phi) is 2.92. The van der Waals surface area contributed by atoms with Crippen molar-refractivity contribution in [3.05, 3.63) is 0 Å². The fourth-order valence-electron chi connectivity index (χ4n) is 2.62. The van der Waals surface area contributed by atoms with Gasteiger partial charge in [0.05, 0.1) is 0 Å². The fraction of sp³-hybridized carbons (Fsp3) is 1.00. The van der Waals surface area contributed by atoms with Gasteiger partial charge in [-0.3, -0.25) is 0 Å². The summed E-state index contributed by atoms with van der Waals surface area (Å²) in [7, 11) is 0. The van der Waals surface area contributed by atoms with Crippen molar-refractivity contribution in [3.8, 4) is 0 Å².